The summed E-state index contributed by atoms with van der Waals surface area (Å²) in [4.78, 5) is 10.7. The molecule has 0 aliphatic heterocycles. The summed E-state index contributed by atoms with van der Waals surface area (Å²) in [5.74, 6) is -1.00. The Bertz CT molecular complexity index is 323. The van der Waals surface area contributed by atoms with Gasteiger partial charge >= 0.3 is 5.97 Å². The molecule has 1 rings (SSSR count). The van der Waals surface area contributed by atoms with E-state index in [0.717, 1.165) is 0 Å². The molecule has 0 aromatic heterocycles. The van der Waals surface area contributed by atoms with Gasteiger partial charge in [-0.1, -0.05) is 6.07 Å². The molecule has 4 heteroatoms. The van der Waals surface area contributed by atoms with E-state index < -0.39 is 5.97 Å². The fourth-order valence-corrected chi connectivity index (χ4v) is 1.10. The molecule has 0 radical (unpaired) electrons. The van der Waals surface area contributed by atoms with Gasteiger partial charge in [-0.15, -0.1) is 0 Å². The van der Waals surface area contributed by atoms with Crippen LogP contribution in [0.2, 0.25) is 0 Å². The van der Waals surface area contributed by atoms with Gasteiger partial charge < -0.3 is 16.2 Å². The van der Waals surface area contributed by atoms with Crippen LogP contribution >= 0.6 is 0 Å². The van der Waals surface area contributed by atoms with Crippen molar-refractivity contribution in [2.45, 2.75) is 6.92 Å². The molecule has 4 N–H and O–H groups in total. The largest absolute Gasteiger partial charge is 0.478 e. The first-order valence-electron chi connectivity index (χ1n) is 4.02. The molecular weight excluding hydrogens is 168 g/mol. The topological polar surface area (TPSA) is 75.3 Å². The summed E-state index contributed by atoms with van der Waals surface area (Å²) in [6, 6.07) is 4.90. The van der Waals surface area contributed by atoms with E-state index in [1.165, 1.54) is 6.07 Å². The zero-order valence-corrected chi connectivity index (χ0v) is 7.37. The highest BCUT2D eigenvalue weighted by Crippen LogP contribution is 2.22. The number of anilines is 2. The molecule has 0 heterocycles. The number of nitrogens with two attached hydrogens (primary N) is 1. The minimum atomic E-state index is -1.00. The molecule has 1 aromatic rings. The van der Waals surface area contributed by atoms with E-state index in [-0.39, 0.29) is 11.3 Å². The Morgan fingerprint density at radius 1 is 1.62 bits per heavy atom. The Morgan fingerprint density at radius 3 is 2.85 bits per heavy atom. The lowest BCUT2D eigenvalue weighted by Crippen LogP contribution is -2.07. The summed E-state index contributed by atoms with van der Waals surface area (Å²) in [5.41, 5.74) is 6.72. The number of carboxylic acids is 1. The molecular formula is C9H12N2O2. The second-order valence-corrected chi connectivity index (χ2v) is 2.60. The van der Waals surface area contributed by atoms with Crippen molar-refractivity contribution in [3.8, 4) is 0 Å². The minimum absolute atomic E-state index is 0.137. The maximum Gasteiger partial charge on any atom is 0.337 e. The first-order chi connectivity index (χ1) is 6.16. The van der Waals surface area contributed by atoms with Crippen LogP contribution in [0.1, 0.15) is 17.3 Å². The van der Waals surface area contributed by atoms with Crippen LogP contribution in [0, 0.1) is 0 Å². The molecule has 1 aromatic carbocycles. The predicted molar refractivity (Wildman–Crippen MR) is 52.0 cm³/mol. The Kier molecular flexibility index (Phi) is 2.74. The fraction of sp³-hybridized carbons (Fsp3) is 0.222. The first-order valence-corrected chi connectivity index (χ1v) is 4.02. The Labute approximate surface area is 76.4 Å². The highest BCUT2D eigenvalue weighted by Gasteiger charge is 2.09. The maximum atomic E-state index is 10.7. The third-order valence-corrected chi connectivity index (χ3v) is 1.70. The average molecular weight is 180 g/mol. The standard InChI is InChI=1S/C9H12N2O2/c1-2-11-7-5-3-4-6(8(7)10)9(12)13/h3-5,11H,2,10H2,1H3,(H,12,13). The number of nitrogens with one attached hydrogen (secondary N) is 1. The molecule has 0 saturated heterocycles. The SMILES string of the molecule is CCNc1cccc(C(=O)O)c1N. The molecule has 70 valence electrons. The van der Waals surface area contributed by atoms with Gasteiger partial charge in [0.05, 0.1) is 16.9 Å². The molecule has 0 atom stereocenters. The molecule has 0 fully saturated rings. The van der Waals surface area contributed by atoms with Crippen LogP contribution in [-0.2, 0) is 0 Å². The molecule has 0 bridgehead atoms. The lowest BCUT2D eigenvalue weighted by molar-refractivity contribution is 0.0698. The number of carboxylic acid groups (broad SMARTS) is 1. The summed E-state index contributed by atoms with van der Waals surface area (Å²) >= 11 is 0. The van der Waals surface area contributed by atoms with Crippen LogP contribution in [0.5, 0.6) is 0 Å². The third kappa shape index (κ3) is 1.90. The normalized spacial score (nSPS) is 9.62. The lowest BCUT2D eigenvalue weighted by Gasteiger charge is -2.08. The molecule has 0 spiro atoms. The van der Waals surface area contributed by atoms with Gasteiger partial charge in [-0.2, -0.15) is 0 Å². The van der Waals surface area contributed by atoms with Crippen LogP contribution in [0.3, 0.4) is 0 Å². The van der Waals surface area contributed by atoms with E-state index >= 15 is 0 Å². The summed E-state index contributed by atoms with van der Waals surface area (Å²) in [7, 11) is 0. The average Bonchev–Trinajstić information content (AvgIpc) is 2.08. The van der Waals surface area contributed by atoms with Crippen molar-refractivity contribution in [2.24, 2.45) is 0 Å². The molecule has 0 aliphatic carbocycles. The molecule has 0 unspecified atom stereocenters. The van der Waals surface area contributed by atoms with Gasteiger partial charge in [-0.3, -0.25) is 0 Å². The van der Waals surface area contributed by atoms with E-state index in [0.29, 0.717) is 12.2 Å². The van der Waals surface area contributed by atoms with E-state index in [2.05, 4.69) is 5.32 Å². The minimum Gasteiger partial charge on any atom is -0.478 e. The second-order valence-electron chi connectivity index (χ2n) is 2.60. The van der Waals surface area contributed by atoms with Gasteiger partial charge in [0.25, 0.3) is 0 Å². The predicted octanol–water partition coefficient (Wildman–Crippen LogP) is 1.40. The van der Waals surface area contributed by atoms with Gasteiger partial charge in [0, 0.05) is 6.54 Å². The van der Waals surface area contributed by atoms with E-state index in [1.807, 2.05) is 6.92 Å². The summed E-state index contributed by atoms with van der Waals surface area (Å²) < 4.78 is 0. The monoisotopic (exact) mass is 180 g/mol. The van der Waals surface area contributed by atoms with Crippen molar-refractivity contribution in [2.75, 3.05) is 17.6 Å². The molecule has 0 saturated carbocycles. The molecule has 0 aliphatic rings. The number of hydrogen-bond acceptors (Lipinski definition) is 3. The van der Waals surface area contributed by atoms with Gasteiger partial charge in [0.1, 0.15) is 0 Å². The van der Waals surface area contributed by atoms with Crippen molar-refractivity contribution >= 4 is 17.3 Å². The van der Waals surface area contributed by atoms with Crippen LogP contribution in [0.4, 0.5) is 11.4 Å². The number of para-hydroxylation sites is 1. The number of rotatable bonds is 3. The maximum absolute atomic E-state index is 10.7. The zero-order chi connectivity index (χ0) is 9.84. The second kappa shape index (κ2) is 3.80. The first kappa shape index (κ1) is 9.38. The van der Waals surface area contributed by atoms with Crippen LogP contribution < -0.4 is 11.1 Å². The molecule has 4 nitrogen and oxygen atoms in total. The van der Waals surface area contributed by atoms with Gasteiger partial charge in [-0.05, 0) is 19.1 Å². The summed E-state index contributed by atoms with van der Waals surface area (Å²) in [5, 5.41) is 11.7. The quantitative estimate of drug-likeness (QED) is 0.614. The highest BCUT2D eigenvalue weighted by molar-refractivity contribution is 5.97. The van der Waals surface area contributed by atoms with Gasteiger partial charge in [-0.25, -0.2) is 4.79 Å². The Hall–Kier alpha value is -1.71. The van der Waals surface area contributed by atoms with Crippen molar-refractivity contribution in [3.63, 3.8) is 0 Å². The number of carbonyl (C=O) groups is 1. The van der Waals surface area contributed by atoms with Crippen LogP contribution in [0.25, 0.3) is 0 Å². The highest BCUT2D eigenvalue weighted by atomic mass is 16.4. The molecule has 13 heavy (non-hydrogen) atoms. The third-order valence-electron chi connectivity index (χ3n) is 1.70. The van der Waals surface area contributed by atoms with Crippen LogP contribution in [0.15, 0.2) is 18.2 Å². The van der Waals surface area contributed by atoms with E-state index in [9.17, 15) is 4.79 Å². The lowest BCUT2D eigenvalue weighted by atomic mass is 10.1. The Morgan fingerprint density at radius 2 is 2.31 bits per heavy atom. The number of benzene rings is 1. The molecule has 0 amide bonds. The smallest absolute Gasteiger partial charge is 0.337 e. The Balaban J connectivity index is 3.10. The van der Waals surface area contributed by atoms with E-state index in [1.54, 1.807) is 12.1 Å². The number of aromatic carboxylic acids is 1. The van der Waals surface area contributed by atoms with Gasteiger partial charge in [0.15, 0.2) is 0 Å². The van der Waals surface area contributed by atoms with Gasteiger partial charge in [0.2, 0.25) is 0 Å². The van der Waals surface area contributed by atoms with Crippen molar-refractivity contribution in [3.05, 3.63) is 23.8 Å². The zero-order valence-electron chi connectivity index (χ0n) is 7.37. The van der Waals surface area contributed by atoms with Crippen molar-refractivity contribution in [1.82, 2.24) is 0 Å². The summed E-state index contributed by atoms with van der Waals surface area (Å²) in [6.07, 6.45) is 0. The number of hydrogen-bond donors (Lipinski definition) is 3. The van der Waals surface area contributed by atoms with E-state index in [4.69, 9.17) is 10.8 Å². The fourth-order valence-electron chi connectivity index (χ4n) is 1.10. The van der Waals surface area contributed by atoms with Crippen molar-refractivity contribution < 1.29 is 9.90 Å². The summed E-state index contributed by atoms with van der Waals surface area (Å²) in [6.45, 7) is 2.64. The number of nitrogen functional groups attached to an aromatic ring is 1. The van der Waals surface area contributed by atoms with Crippen LogP contribution in [-0.4, -0.2) is 17.6 Å². The van der Waals surface area contributed by atoms with Crippen molar-refractivity contribution in [1.29, 1.82) is 0 Å².